The summed E-state index contributed by atoms with van der Waals surface area (Å²) < 4.78 is 0. The maximum absolute atomic E-state index is 12.1. The van der Waals surface area contributed by atoms with Crippen LogP contribution in [0.3, 0.4) is 0 Å². The lowest BCUT2D eigenvalue weighted by Gasteiger charge is -2.20. The molecule has 2 rings (SSSR count). The van der Waals surface area contributed by atoms with E-state index in [1.165, 1.54) is 25.9 Å². The molecule has 1 saturated heterocycles. The van der Waals surface area contributed by atoms with Crippen LogP contribution in [0.4, 0.5) is 10.5 Å². The Hall–Kier alpha value is -2.08. The van der Waals surface area contributed by atoms with Crippen LogP contribution < -0.4 is 10.6 Å². The third-order valence-electron chi connectivity index (χ3n) is 4.50. The van der Waals surface area contributed by atoms with E-state index in [9.17, 15) is 9.59 Å². The summed E-state index contributed by atoms with van der Waals surface area (Å²) in [5.74, 6) is 0.384. The standard InChI is InChI=1S/C19H30N4O2/c1-14(13-23-9-5-6-10-23)12-20-19(25)21-16-7-8-17(15(2)11-16)18(24)22(3)4/h7-8,11,14H,5-6,9-10,12-13H2,1-4H3,(H2,20,21,25). The predicted molar refractivity (Wildman–Crippen MR) is 101 cm³/mol. The quantitative estimate of drug-likeness (QED) is 0.832. The van der Waals surface area contributed by atoms with Crippen molar-refractivity contribution >= 4 is 17.6 Å². The first-order valence-electron chi connectivity index (χ1n) is 8.96. The molecule has 1 heterocycles. The fourth-order valence-electron chi connectivity index (χ4n) is 3.14. The Bertz CT molecular complexity index is 609. The Kier molecular flexibility index (Phi) is 6.82. The molecule has 138 valence electrons. The number of rotatable bonds is 6. The highest BCUT2D eigenvalue weighted by molar-refractivity contribution is 5.96. The third-order valence-corrected chi connectivity index (χ3v) is 4.50. The van der Waals surface area contributed by atoms with Gasteiger partial charge in [0, 0.05) is 38.4 Å². The highest BCUT2D eigenvalue weighted by atomic mass is 16.2. The summed E-state index contributed by atoms with van der Waals surface area (Å²) in [4.78, 5) is 28.1. The second-order valence-corrected chi connectivity index (χ2v) is 7.18. The van der Waals surface area contributed by atoms with E-state index >= 15 is 0 Å². The highest BCUT2D eigenvalue weighted by Crippen LogP contribution is 2.16. The van der Waals surface area contributed by atoms with Gasteiger partial charge >= 0.3 is 6.03 Å². The van der Waals surface area contributed by atoms with Gasteiger partial charge in [0.2, 0.25) is 0 Å². The van der Waals surface area contributed by atoms with Gasteiger partial charge in [-0.05, 0) is 62.5 Å². The van der Waals surface area contributed by atoms with Gasteiger partial charge in [0.15, 0.2) is 0 Å². The molecule has 25 heavy (non-hydrogen) atoms. The topological polar surface area (TPSA) is 64.7 Å². The number of aryl methyl sites for hydroxylation is 1. The minimum Gasteiger partial charge on any atom is -0.345 e. The number of carbonyl (C=O) groups excluding carboxylic acids is 2. The maximum Gasteiger partial charge on any atom is 0.319 e. The van der Waals surface area contributed by atoms with E-state index in [1.54, 1.807) is 31.1 Å². The van der Waals surface area contributed by atoms with Crippen molar-refractivity contribution in [1.29, 1.82) is 0 Å². The average molecular weight is 346 g/mol. The van der Waals surface area contributed by atoms with E-state index in [0.29, 0.717) is 23.7 Å². The fraction of sp³-hybridized carbons (Fsp3) is 0.579. The molecule has 0 aliphatic carbocycles. The predicted octanol–water partition coefficient (Wildman–Crippen LogP) is 2.55. The van der Waals surface area contributed by atoms with Crippen LogP contribution in [0.1, 0.15) is 35.7 Å². The normalized spacial score (nSPS) is 15.7. The first-order chi connectivity index (χ1) is 11.9. The van der Waals surface area contributed by atoms with Gasteiger partial charge in [-0.25, -0.2) is 4.79 Å². The van der Waals surface area contributed by atoms with Crippen LogP contribution in [-0.4, -0.2) is 62.0 Å². The van der Waals surface area contributed by atoms with E-state index in [2.05, 4.69) is 22.5 Å². The second kappa shape index (κ2) is 8.85. The van der Waals surface area contributed by atoms with Gasteiger partial charge in [0.05, 0.1) is 0 Å². The third kappa shape index (κ3) is 5.74. The van der Waals surface area contributed by atoms with Crippen LogP contribution in [0.25, 0.3) is 0 Å². The molecule has 1 fully saturated rings. The Labute approximate surface area is 150 Å². The molecule has 1 aliphatic rings. The number of anilines is 1. The zero-order valence-corrected chi connectivity index (χ0v) is 15.8. The maximum atomic E-state index is 12.1. The van der Waals surface area contributed by atoms with Crippen molar-refractivity contribution in [2.45, 2.75) is 26.7 Å². The molecular weight excluding hydrogens is 316 g/mol. The lowest BCUT2D eigenvalue weighted by atomic mass is 10.1. The molecule has 1 aliphatic heterocycles. The lowest BCUT2D eigenvalue weighted by Crippen LogP contribution is -2.36. The number of urea groups is 1. The van der Waals surface area contributed by atoms with Gasteiger partial charge in [0.1, 0.15) is 0 Å². The van der Waals surface area contributed by atoms with Crippen molar-refractivity contribution in [3.05, 3.63) is 29.3 Å². The van der Waals surface area contributed by atoms with Gasteiger partial charge in [-0.1, -0.05) is 6.92 Å². The molecule has 1 aromatic carbocycles. The molecule has 1 aromatic rings. The number of carbonyl (C=O) groups is 2. The summed E-state index contributed by atoms with van der Waals surface area (Å²) in [7, 11) is 3.45. The summed E-state index contributed by atoms with van der Waals surface area (Å²) in [5.41, 5.74) is 2.19. The second-order valence-electron chi connectivity index (χ2n) is 7.18. The molecule has 6 heteroatoms. The lowest BCUT2D eigenvalue weighted by molar-refractivity contribution is 0.0827. The molecule has 2 N–H and O–H groups in total. The van der Waals surface area contributed by atoms with E-state index in [4.69, 9.17) is 0 Å². The Balaban J connectivity index is 1.81. The number of amides is 3. The Morgan fingerprint density at radius 1 is 1.24 bits per heavy atom. The van der Waals surface area contributed by atoms with Crippen molar-refractivity contribution in [2.24, 2.45) is 5.92 Å². The van der Waals surface area contributed by atoms with E-state index in [0.717, 1.165) is 12.1 Å². The van der Waals surface area contributed by atoms with Crippen molar-refractivity contribution in [3.8, 4) is 0 Å². The van der Waals surface area contributed by atoms with Gasteiger partial charge in [0.25, 0.3) is 5.91 Å². The van der Waals surface area contributed by atoms with Crippen LogP contribution in [-0.2, 0) is 0 Å². The number of hydrogen-bond donors (Lipinski definition) is 2. The first kappa shape index (κ1) is 19.2. The molecule has 0 saturated carbocycles. The number of benzene rings is 1. The molecule has 1 unspecified atom stereocenters. The highest BCUT2D eigenvalue weighted by Gasteiger charge is 2.15. The number of hydrogen-bond acceptors (Lipinski definition) is 3. The fourth-order valence-corrected chi connectivity index (χ4v) is 3.14. The summed E-state index contributed by atoms with van der Waals surface area (Å²) in [6, 6.07) is 5.13. The van der Waals surface area contributed by atoms with Crippen LogP contribution in [0, 0.1) is 12.8 Å². The summed E-state index contributed by atoms with van der Waals surface area (Å²) in [5, 5.41) is 5.77. The molecule has 0 spiro atoms. The average Bonchev–Trinajstić information content (AvgIpc) is 3.05. The zero-order chi connectivity index (χ0) is 18.4. The smallest absolute Gasteiger partial charge is 0.319 e. The molecule has 0 aromatic heterocycles. The van der Waals surface area contributed by atoms with Crippen LogP contribution >= 0.6 is 0 Å². The van der Waals surface area contributed by atoms with Crippen LogP contribution in [0.2, 0.25) is 0 Å². The van der Waals surface area contributed by atoms with Crippen molar-refractivity contribution in [3.63, 3.8) is 0 Å². The van der Waals surface area contributed by atoms with E-state index in [-0.39, 0.29) is 11.9 Å². The van der Waals surface area contributed by atoms with Crippen LogP contribution in [0.5, 0.6) is 0 Å². The van der Waals surface area contributed by atoms with Crippen LogP contribution in [0.15, 0.2) is 18.2 Å². The summed E-state index contributed by atoms with van der Waals surface area (Å²) >= 11 is 0. The Morgan fingerprint density at radius 2 is 1.92 bits per heavy atom. The van der Waals surface area contributed by atoms with Gasteiger partial charge < -0.3 is 20.4 Å². The van der Waals surface area contributed by atoms with E-state index < -0.39 is 0 Å². The van der Waals surface area contributed by atoms with Gasteiger partial charge in [-0.15, -0.1) is 0 Å². The molecule has 0 bridgehead atoms. The summed E-state index contributed by atoms with van der Waals surface area (Å²) in [6.07, 6.45) is 2.57. The van der Waals surface area contributed by atoms with Crippen molar-refractivity contribution in [1.82, 2.24) is 15.1 Å². The molecule has 3 amide bonds. The summed E-state index contributed by atoms with van der Waals surface area (Å²) in [6.45, 7) is 8.06. The molecular formula is C19H30N4O2. The minimum atomic E-state index is -0.209. The monoisotopic (exact) mass is 346 g/mol. The molecule has 0 radical (unpaired) electrons. The first-order valence-corrected chi connectivity index (χ1v) is 8.96. The van der Waals surface area contributed by atoms with Crippen molar-refractivity contribution in [2.75, 3.05) is 45.6 Å². The van der Waals surface area contributed by atoms with E-state index in [1.807, 2.05) is 13.0 Å². The number of nitrogens with zero attached hydrogens (tertiary/aromatic N) is 2. The van der Waals surface area contributed by atoms with Crippen molar-refractivity contribution < 1.29 is 9.59 Å². The molecule has 6 nitrogen and oxygen atoms in total. The number of likely N-dealkylation sites (tertiary alicyclic amines) is 1. The minimum absolute atomic E-state index is 0.0377. The SMILES string of the molecule is Cc1cc(NC(=O)NCC(C)CN2CCCC2)ccc1C(=O)N(C)C. The largest absolute Gasteiger partial charge is 0.345 e. The zero-order valence-electron chi connectivity index (χ0n) is 15.8. The van der Waals surface area contributed by atoms with Gasteiger partial charge in [-0.3, -0.25) is 4.79 Å². The molecule has 1 atom stereocenters. The number of nitrogens with one attached hydrogen (secondary N) is 2. The Morgan fingerprint density at radius 3 is 2.52 bits per heavy atom. The van der Waals surface area contributed by atoms with Gasteiger partial charge in [-0.2, -0.15) is 0 Å².